The van der Waals surface area contributed by atoms with Gasteiger partial charge in [-0.1, -0.05) is 0 Å². The molecule has 0 spiro atoms. The third-order valence-electron chi connectivity index (χ3n) is 1.10. The highest BCUT2D eigenvalue weighted by Gasteiger charge is 2.15. The van der Waals surface area contributed by atoms with Gasteiger partial charge in [0.15, 0.2) is 0 Å². The van der Waals surface area contributed by atoms with E-state index in [0.717, 1.165) is 0 Å². The van der Waals surface area contributed by atoms with Crippen molar-refractivity contribution in [2.75, 3.05) is 6.61 Å². The Balaban J connectivity index is 4.22. The zero-order valence-corrected chi connectivity index (χ0v) is 8.81. The maximum absolute atomic E-state index is 10.5. The summed E-state index contributed by atoms with van der Waals surface area (Å²) in [6.45, 7) is 4.73. The van der Waals surface area contributed by atoms with E-state index in [2.05, 4.69) is 4.89 Å². The summed E-state index contributed by atoms with van der Waals surface area (Å²) in [6, 6.07) is 0. The molecule has 0 aromatic carbocycles. The Morgan fingerprint density at radius 2 is 1.80 bits per heavy atom. The largest absolute Gasteiger partial charge is 0.478 e. The van der Waals surface area contributed by atoms with Crippen LogP contribution in [0.2, 0.25) is 0 Å². The average molecular weight is 218 g/mol. The van der Waals surface area contributed by atoms with E-state index in [4.69, 9.17) is 15.1 Å². The average Bonchev–Trinajstić information content (AvgIpc) is 1.99. The van der Waals surface area contributed by atoms with Crippen LogP contribution in [0.1, 0.15) is 20.8 Å². The molecule has 0 amide bonds. The summed E-state index contributed by atoms with van der Waals surface area (Å²) in [4.78, 5) is 30.2. The first-order valence-electron chi connectivity index (χ1n) is 4.20. The quantitative estimate of drug-likeness (QED) is 0.403. The minimum atomic E-state index is -1.35. The normalized spacial score (nSPS) is 12.6. The molecule has 2 N–H and O–H groups in total. The highest BCUT2D eigenvalue weighted by molar-refractivity contribution is 5.94. The minimum absolute atomic E-state index is 0.383. The predicted octanol–water partition coefficient (Wildman–Crippen LogP) is 0.829. The van der Waals surface area contributed by atoms with Gasteiger partial charge in [-0.15, -0.1) is 0 Å². The third-order valence-corrected chi connectivity index (χ3v) is 1.10. The van der Waals surface area contributed by atoms with Gasteiger partial charge < -0.3 is 10.2 Å². The summed E-state index contributed by atoms with van der Waals surface area (Å²) in [6.07, 6.45) is 0.564. The monoisotopic (exact) mass is 218 g/mol. The molecule has 6 nitrogen and oxygen atoms in total. The van der Waals surface area contributed by atoms with Crippen LogP contribution in [-0.4, -0.2) is 34.4 Å². The fourth-order valence-corrected chi connectivity index (χ4v) is 0.584. The molecule has 0 unspecified atom stereocenters. The zero-order chi connectivity index (χ0) is 12.1. The summed E-state index contributed by atoms with van der Waals surface area (Å²) < 4.78 is 0. The topological polar surface area (TPSA) is 93.1 Å². The number of carboxylic acid groups (broad SMARTS) is 2. The van der Waals surface area contributed by atoms with Gasteiger partial charge in [0.05, 0.1) is 11.2 Å². The number of rotatable bonds is 5. The lowest BCUT2D eigenvalue weighted by Gasteiger charge is -2.17. The Kier molecular flexibility index (Phi) is 4.96. The molecule has 0 aromatic heterocycles. The molecule has 86 valence electrons. The Labute approximate surface area is 87.0 Å². The van der Waals surface area contributed by atoms with Gasteiger partial charge in [-0.2, -0.15) is 0 Å². The van der Waals surface area contributed by atoms with E-state index in [0.29, 0.717) is 6.08 Å². The Morgan fingerprint density at radius 1 is 1.27 bits per heavy atom. The van der Waals surface area contributed by atoms with Gasteiger partial charge in [0.1, 0.15) is 6.61 Å². The number of carbonyl (C=O) groups is 2. The van der Waals surface area contributed by atoms with Crippen molar-refractivity contribution in [1.82, 2.24) is 0 Å². The number of aliphatic carboxylic acids is 2. The van der Waals surface area contributed by atoms with Crippen molar-refractivity contribution in [2.24, 2.45) is 0 Å². The summed E-state index contributed by atoms with van der Waals surface area (Å²) in [7, 11) is 0. The van der Waals surface area contributed by atoms with Crippen LogP contribution in [0.4, 0.5) is 0 Å². The fourth-order valence-electron chi connectivity index (χ4n) is 0.584. The second kappa shape index (κ2) is 5.47. The lowest BCUT2D eigenvalue weighted by Crippen LogP contribution is -2.21. The first-order valence-corrected chi connectivity index (χ1v) is 4.20. The van der Waals surface area contributed by atoms with Crippen LogP contribution >= 0.6 is 0 Å². The molecule has 0 saturated carbocycles. The van der Waals surface area contributed by atoms with Crippen LogP contribution in [0, 0.1) is 0 Å². The SMILES string of the molecule is CC(C)(C)OOCC(=CC(=O)O)C(=O)O. The molecule has 0 bridgehead atoms. The molecule has 15 heavy (non-hydrogen) atoms. The lowest BCUT2D eigenvalue weighted by molar-refractivity contribution is -0.343. The number of hydrogen-bond donors (Lipinski definition) is 2. The molecular formula is C9H14O6. The van der Waals surface area contributed by atoms with E-state index >= 15 is 0 Å². The van der Waals surface area contributed by atoms with Crippen LogP contribution in [-0.2, 0) is 19.4 Å². The Morgan fingerprint density at radius 3 is 2.13 bits per heavy atom. The zero-order valence-electron chi connectivity index (χ0n) is 8.81. The molecule has 0 saturated heterocycles. The van der Waals surface area contributed by atoms with Crippen LogP contribution in [0.3, 0.4) is 0 Å². The van der Waals surface area contributed by atoms with Crippen LogP contribution < -0.4 is 0 Å². The molecule has 0 fully saturated rings. The predicted molar refractivity (Wildman–Crippen MR) is 50.1 cm³/mol. The van der Waals surface area contributed by atoms with Crippen molar-refractivity contribution in [3.8, 4) is 0 Å². The van der Waals surface area contributed by atoms with Gasteiger partial charge in [-0.3, -0.25) is 0 Å². The maximum atomic E-state index is 10.5. The molecular weight excluding hydrogens is 204 g/mol. The Hall–Kier alpha value is -1.40. The van der Waals surface area contributed by atoms with Crippen molar-refractivity contribution in [3.05, 3.63) is 11.6 Å². The van der Waals surface area contributed by atoms with Gasteiger partial charge in [-0.25, -0.2) is 19.4 Å². The van der Waals surface area contributed by atoms with Gasteiger partial charge in [0.25, 0.3) is 0 Å². The molecule has 0 heterocycles. The van der Waals surface area contributed by atoms with Crippen molar-refractivity contribution >= 4 is 11.9 Å². The molecule has 0 aliphatic carbocycles. The van der Waals surface area contributed by atoms with Crippen molar-refractivity contribution in [2.45, 2.75) is 26.4 Å². The summed E-state index contributed by atoms with van der Waals surface area (Å²) in [5.74, 6) is -2.69. The Bertz CT molecular complexity index is 273. The van der Waals surface area contributed by atoms with Crippen LogP contribution in [0.5, 0.6) is 0 Å². The maximum Gasteiger partial charge on any atom is 0.334 e. The van der Waals surface area contributed by atoms with Crippen molar-refractivity contribution < 1.29 is 29.6 Å². The van der Waals surface area contributed by atoms with Crippen LogP contribution in [0.15, 0.2) is 11.6 Å². The summed E-state index contributed by atoms with van der Waals surface area (Å²) in [5, 5.41) is 16.9. The summed E-state index contributed by atoms with van der Waals surface area (Å²) >= 11 is 0. The molecule has 0 aromatic rings. The van der Waals surface area contributed by atoms with E-state index in [1.807, 2.05) is 0 Å². The highest BCUT2D eigenvalue weighted by Crippen LogP contribution is 2.08. The van der Waals surface area contributed by atoms with E-state index in [9.17, 15) is 9.59 Å². The smallest absolute Gasteiger partial charge is 0.334 e. The van der Waals surface area contributed by atoms with E-state index in [1.54, 1.807) is 20.8 Å². The highest BCUT2D eigenvalue weighted by atomic mass is 17.2. The first kappa shape index (κ1) is 13.6. The van der Waals surface area contributed by atoms with E-state index in [-0.39, 0.29) is 5.57 Å². The molecule has 0 rings (SSSR count). The summed E-state index contributed by atoms with van der Waals surface area (Å²) in [5.41, 5.74) is -0.959. The molecule has 6 heteroatoms. The van der Waals surface area contributed by atoms with Gasteiger partial charge in [0, 0.05) is 6.08 Å². The molecule has 0 aliphatic heterocycles. The lowest BCUT2D eigenvalue weighted by atomic mass is 10.2. The van der Waals surface area contributed by atoms with Crippen molar-refractivity contribution in [1.29, 1.82) is 0 Å². The van der Waals surface area contributed by atoms with Crippen molar-refractivity contribution in [3.63, 3.8) is 0 Å². The van der Waals surface area contributed by atoms with Gasteiger partial charge in [-0.05, 0) is 20.8 Å². The third kappa shape index (κ3) is 7.65. The number of hydrogen-bond acceptors (Lipinski definition) is 4. The second-order valence-corrected chi connectivity index (χ2v) is 3.77. The number of carboxylic acids is 2. The standard InChI is InChI=1S/C9H14O6/c1-9(2,3)15-14-5-6(8(12)13)4-7(10)11/h4H,5H2,1-3H3,(H,10,11)(H,12,13). The molecule has 0 radical (unpaired) electrons. The second-order valence-electron chi connectivity index (χ2n) is 3.77. The molecule has 0 aliphatic rings. The fraction of sp³-hybridized carbons (Fsp3) is 0.556. The molecule has 0 atom stereocenters. The minimum Gasteiger partial charge on any atom is -0.478 e. The van der Waals surface area contributed by atoms with E-state index in [1.165, 1.54) is 0 Å². The van der Waals surface area contributed by atoms with Gasteiger partial charge >= 0.3 is 11.9 Å². The van der Waals surface area contributed by atoms with Gasteiger partial charge in [0.2, 0.25) is 0 Å². The van der Waals surface area contributed by atoms with E-state index < -0.39 is 24.1 Å². The first-order chi connectivity index (χ1) is 6.72. The van der Waals surface area contributed by atoms with Crippen LogP contribution in [0.25, 0.3) is 0 Å².